The maximum atomic E-state index is 13.0. The zero-order valence-corrected chi connectivity index (χ0v) is 22.9. The van der Waals surface area contributed by atoms with E-state index in [0.717, 1.165) is 11.3 Å². The molecule has 2 amide bonds. The van der Waals surface area contributed by atoms with Crippen molar-refractivity contribution in [3.05, 3.63) is 27.9 Å². The first-order valence-corrected chi connectivity index (χ1v) is 13.8. The number of carboxylic acids is 1. The molecule has 2 atom stereocenters. The van der Waals surface area contributed by atoms with Crippen molar-refractivity contribution in [3.8, 4) is 0 Å². The molecule has 2 aliphatic rings. The number of carboxylic acid groups (broad SMARTS) is 1. The fourth-order valence-corrected chi connectivity index (χ4v) is 6.85. The molecule has 4 rings (SSSR count). The number of hydrogen-bond acceptors (Lipinski definition) is 14. The van der Waals surface area contributed by atoms with Crippen LogP contribution in [0, 0.1) is 6.92 Å². The molecule has 0 bridgehead atoms. The molecule has 0 aliphatic carbocycles. The van der Waals surface area contributed by atoms with Crippen LogP contribution < -0.4 is 32.6 Å². The van der Waals surface area contributed by atoms with Gasteiger partial charge in [0.25, 0.3) is 17.6 Å². The second kappa shape index (κ2) is 10.9. The zero-order valence-electron chi connectivity index (χ0n) is 20.4. The number of oxime groups is 1. The lowest BCUT2D eigenvalue weighted by atomic mass is 10.0. The van der Waals surface area contributed by atoms with Crippen molar-refractivity contribution in [1.82, 2.24) is 20.2 Å². The van der Waals surface area contributed by atoms with E-state index < -0.39 is 29.2 Å². The number of thioether (sulfide) groups is 2. The summed E-state index contributed by atoms with van der Waals surface area (Å²) in [6.07, 6.45) is 0. The van der Waals surface area contributed by atoms with Crippen LogP contribution in [-0.4, -0.2) is 80.5 Å². The normalized spacial score (nSPS) is 19.1. The Kier molecular flexibility index (Phi) is 7.83. The number of aliphatic carboxylic acids is 1. The van der Waals surface area contributed by atoms with Gasteiger partial charge in [-0.1, -0.05) is 10.1 Å². The number of aromatic nitrogens is 3. The summed E-state index contributed by atoms with van der Waals surface area (Å²) >= 11 is 3.64. The minimum Gasteiger partial charge on any atom is -0.477 e. The van der Waals surface area contributed by atoms with Crippen LogP contribution >= 0.6 is 34.9 Å². The number of carbonyl (C=O) groups is 3. The van der Waals surface area contributed by atoms with Crippen LogP contribution in [0.15, 0.2) is 27.0 Å². The van der Waals surface area contributed by atoms with Crippen LogP contribution in [0.3, 0.4) is 0 Å². The van der Waals surface area contributed by atoms with Gasteiger partial charge in [0.15, 0.2) is 10.8 Å². The Morgan fingerprint density at radius 1 is 1.39 bits per heavy atom. The van der Waals surface area contributed by atoms with Gasteiger partial charge in [0.1, 0.15) is 29.9 Å². The summed E-state index contributed by atoms with van der Waals surface area (Å²) in [5.74, 6) is 5.01. The quantitative estimate of drug-likeness (QED) is 0.0395. The number of nitrogens with zero attached hydrogens (tertiary/aromatic N) is 5. The fraction of sp³-hybridized carbons (Fsp3) is 0.350. The molecule has 9 N–H and O–H groups in total. The highest BCUT2D eigenvalue weighted by Gasteiger charge is 2.54. The lowest BCUT2D eigenvalue weighted by Crippen LogP contribution is -2.71. The molecular weight excluding hydrogens is 556 g/mol. The van der Waals surface area contributed by atoms with Crippen LogP contribution in [0.5, 0.6) is 0 Å². The lowest BCUT2D eigenvalue weighted by Gasteiger charge is -2.49. The molecule has 202 valence electrons. The van der Waals surface area contributed by atoms with Gasteiger partial charge in [0.05, 0.1) is 5.56 Å². The summed E-state index contributed by atoms with van der Waals surface area (Å²) in [4.78, 5) is 52.4. The van der Waals surface area contributed by atoms with Crippen LogP contribution in [0.2, 0.25) is 0 Å². The Labute approximate surface area is 228 Å². The van der Waals surface area contributed by atoms with Crippen molar-refractivity contribution < 1.29 is 29.0 Å². The SMILES string of the molecule is CNc1c(C)c(N)nc(SCC2=C(C(=O)O)N3C(=O)C(NC(=O)/C(=N\OC)c4csc(N)n4)[C@H]3SC2)[n+]1N. The van der Waals surface area contributed by atoms with Gasteiger partial charge in [-0.05, 0) is 24.3 Å². The van der Waals surface area contributed by atoms with E-state index in [-0.39, 0.29) is 33.8 Å². The third-order valence-corrected chi connectivity index (χ3v) is 8.77. The minimum atomic E-state index is -1.25. The molecule has 0 aromatic carbocycles. The third-order valence-electron chi connectivity index (χ3n) is 5.71. The van der Waals surface area contributed by atoms with E-state index in [1.807, 2.05) is 0 Å². The number of carbonyl (C=O) groups excluding carboxylic acids is 2. The summed E-state index contributed by atoms with van der Waals surface area (Å²) in [6.45, 7) is 1.77. The van der Waals surface area contributed by atoms with Crippen molar-refractivity contribution in [2.24, 2.45) is 5.16 Å². The van der Waals surface area contributed by atoms with Gasteiger partial charge in [-0.25, -0.2) is 9.78 Å². The van der Waals surface area contributed by atoms with E-state index >= 15 is 0 Å². The molecule has 15 nitrogen and oxygen atoms in total. The molecule has 38 heavy (non-hydrogen) atoms. The molecular formula is C20H25N10O5S3+. The topological polar surface area (TPSA) is 228 Å². The summed E-state index contributed by atoms with van der Waals surface area (Å²) in [5, 5.41) is 20.8. The van der Waals surface area contributed by atoms with Crippen LogP contribution in [-0.2, 0) is 19.2 Å². The fourth-order valence-electron chi connectivity index (χ4n) is 3.90. The maximum Gasteiger partial charge on any atom is 0.352 e. The summed E-state index contributed by atoms with van der Waals surface area (Å²) in [7, 11) is 2.97. The number of nitrogens with two attached hydrogens (primary N) is 3. The van der Waals surface area contributed by atoms with E-state index in [2.05, 4.69) is 25.8 Å². The largest absolute Gasteiger partial charge is 0.477 e. The average molecular weight is 582 g/mol. The molecule has 2 aliphatic heterocycles. The highest BCUT2D eigenvalue weighted by molar-refractivity contribution is 8.01. The standard InChI is InChI=1S/C20H24N10O5S3/c1-7-13(21)27-20(30(23)14(7)24-2)38-5-8-4-36-17-11(16(32)29(17)12(8)18(33)34)26-15(31)10(28-35-3)9-6-37-19(22)25-9/h6,11,17H,4-5,23H2,1-3H3,(H6,21,22,24,25,26,31,33,34)/p+1/b28-10-/t11?,17-/m1/s1. The summed E-state index contributed by atoms with van der Waals surface area (Å²) < 4.78 is 1.34. The van der Waals surface area contributed by atoms with Crippen molar-refractivity contribution in [1.29, 1.82) is 0 Å². The Hall–Kier alpha value is -3.77. The van der Waals surface area contributed by atoms with Gasteiger partial charge in [0.2, 0.25) is 5.82 Å². The number of amides is 2. The highest BCUT2D eigenvalue weighted by Crippen LogP contribution is 2.41. The second-order valence-electron chi connectivity index (χ2n) is 7.97. The summed E-state index contributed by atoms with van der Waals surface area (Å²) in [5.41, 5.74) is 12.7. The number of fused-ring (bicyclic) bond motifs is 1. The van der Waals surface area contributed by atoms with Gasteiger partial charge >= 0.3 is 11.1 Å². The molecule has 2 aromatic heterocycles. The maximum absolute atomic E-state index is 13.0. The first kappa shape index (κ1) is 27.3. The molecule has 0 radical (unpaired) electrons. The predicted molar refractivity (Wildman–Crippen MR) is 144 cm³/mol. The van der Waals surface area contributed by atoms with Crippen molar-refractivity contribution in [2.75, 3.05) is 48.3 Å². The average Bonchev–Trinajstić information content (AvgIpc) is 3.32. The third kappa shape index (κ3) is 4.88. The Balaban J connectivity index is 1.52. The molecule has 1 saturated heterocycles. The van der Waals surface area contributed by atoms with Crippen LogP contribution in [0.25, 0.3) is 0 Å². The molecule has 2 aromatic rings. The van der Waals surface area contributed by atoms with E-state index in [1.54, 1.807) is 14.0 Å². The van der Waals surface area contributed by atoms with Crippen LogP contribution in [0.4, 0.5) is 16.8 Å². The van der Waals surface area contributed by atoms with Crippen molar-refractivity contribution >= 4 is 75.1 Å². The van der Waals surface area contributed by atoms with Gasteiger partial charge in [-0.3, -0.25) is 20.3 Å². The number of nitrogen functional groups attached to an aromatic ring is 3. The predicted octanol–water partition coefficient (Wildman–Crippen LogP) is -1.06. The highest BCUT2D eigenvalue weighted by atomic mass is 32.2. The molecule has 18 heteroatoms. The number of anilines is 3. The first-order chi connectivity index (χ1) is 18.1. The van der Waals surface area contributed by atoms with Crippen molar-refractivity contribution in [2.45, 2.75) is 23.5 Å². The van der Waals surface area contributed by atoms with E-state index in [9.17, 15) is 19.5 Å². The van der Waals surface area contributed by atoms with Gasteiger partial charge < -0.3 is 32.0 Å². The number of rotatable bonds is 9. The Morgan fingerprint density at radius 3 is 2.74 bits per heavy atom. The number of thiazole rings is 1. The smallest absolute Gasteiger partial charge is 0.352 e. The number of hydrogen-bond donors (Lipinski definition) is 6. The molecule has 4 heterocycles. The van der Waals surface area contributed by atoms with Gasteiger partial charge in [0, 0.05) is 23.9 Å². The number of β-lactam (4-membered cyclic amide) rings is 1. The molecule has 1 unspecified atom stereocenters. The molecule has 0 spiro atoms. The molecule has 1 fully saturated rings. The minimum absolute atomic E-state index is 0.132. The monoisotopic (exact) mass is 581 g/mol. The van der Waals surface area contributed by atoms with Crippen molar-refractivity contribution in [3.63, 3.8) is 0 Å². The van der Waals surface area contributed by atoms with E-state index in [1.165, 1.54) is 45.6 Å². The lowest BCUT2D eigenvalue weighted by molar-refractivity contribution is -0.668. The molecule has 0 saturated carbocycles. The Morgan fingerprint density at radius 2 is 2.13 bits per heavy atom. The zero-order chi connectivity index (χ0) is 27.7. The second-order valence-corrected chi connectivity index (χ2v) is 10.9. The van der Waals surface area contributed by atoms with Gasteiger partial charge in [-0.2, -0.15) is 0 Å². The number of nitrogens with one attached hydrogen (secondary N) is 2. The Bertz CT molecular complexity index is 1380. The first-order valence-electron chi connectivity index (χ1n) is 10.9. The van der Waals surface area contributed by atoms with E-state index in [0.29, 0.717) is 27.9 Å². The summed E-state index contributed by atoms with van der Waals surface area (Å²) in [6, 6.07) is -0.961. The van der Waals surface area contributed by atoms with E-state index in [4.69, 9.17) is 22.1 Å². The van der Waals surface area contributed by atoms with Gasteiger partial charge in [-0.15, -0.1) is 27.8 Å². The van der Waals surface area contributed by atoms with Crippen LogP contribution in [0.1, 0.15) is 11.3 Å².